The van der Waals surface area contributed by atoms with Crippen molar-refractivity contribution < 1.29 is 0 Å². The Morgan fingerprint density at radius 1 is 0.842 bits per heavy atom. The van der Waals surface area contributed by atoms with Gasteiger partial charge in [-0.05, 0) is 40.2 Å². The van der Waals surface area contributed by atoms with Crippen LogP contribution in [0.3, 0.4) is 0 Å². The molecule has 1 aromatic carbocycles. The van der Waals surface area contributed by atoms with E-state index < -0.39 is 0 Å². The summed E-state index contributed by atoms with van der Waals surface area (Å²) in [6.07, 6.45) is 3.27. The molecule has 94 valence electrons. The number of benzene rings is 1. The molecule has 0 N–H and O–H groups in total. The third-order valence-corrected chi connectivity index (χ3v) is 3.58. The monoisotopic (exact) mass is 378 g/mol. The van der Waals surface area contributed by atoms with Crippen LogP contribution in [0.4, 0.5) is 0 Å². The Bertz CT molecular complexity index is 629. The van der Waals surface area contributed by atoms with Crippen molar-refractivity contribution in [1.82, 2.24) is 19.7 Å². The largest absolute Gasteiger partial charge is 0.236 e. The summed E-state index contributed by atoms with van der Waals surface area (Å²) in [6, 6.07) is 11.7. The maximum atomic E-state index is 4.33. The summed E-state index contributed by atoms with van der Waals surface area (Å²) in [5, 5.41) is 4.23. The Morgan fingerprint density at radius 2 is 1.58 bits per heavy atom. The smallest absolute Gasteiger partial charge is 0.164 e. The quantitative estimate of drug-likeness (QED) is 0.679. The van der Waals surface area contributed by atoms with Crippen LogP contribution in [-0.2, 0) is 0 Å². The molecule has 6 heteroatoms. The van der Waals surface area contributed by atoms with Gasteiger partial charge in [-0.1, -0.05) is 28.1 Å². The average molecular weight is 380 g/mol. The van der Waals surface area contributed by atoms with E-state index in [0.717, 1.165) is 26.2 Å². The van der Waals surface area contributed by atoms with E-state index in [4.69, 9.17) is 0 Å². The SMILES string of the molecule is Brc1ccc(-c2ncnn2-c2ccc(Br)cn2)cc1. The van der Waals surface area contributed by atoms with E-state index in [1.165, 1.54) is 6.33 Å². The minimum absolute atomic E-state index is 0.735. The molecule has 19 heavy (non-hydrogen) atoms. The van der Waals surface area contributed by atoms with Gasteiger partial charge in [0.2, 0.25) is 0 Å². The molecule has 0 spiro atoms. The fourth-order valence-corrected chi connectivity index (χ4v) is 2.20. The number of hydrogen-bond acceptors (Lipinski definition) is 3. The fraction of sp³-hybridized carbons (Fsp3) is 0. The molecule has 0 amide bonds. The van der Waals surface area contributed by atoms with E-state index in [1.54, 1.807) is 10.9 Å². The minimum atomic E-state index is 0.735. The molecule has 2 heterocycles. The third kappa shape index (κ3) is 2.59. The second kappa shape index (κ2) is 5.22. The zero-order valence-electron chi connectivity index (χ0n) is 9.66. The molecule has 3 aromatic rings. The standard InChI is InChI=1S/C13H8Br2N4/c14-10-3-1-9(2-4-10)13-17-8-18-19(13)12-6-5-11(15)7-16-12/h1-8H. The van der Waals surface area contributed by atoms with Gasteiger partial charge in [-0.25, -0.2) is 9.97 Å². The number of aromatic nitrogens is 4. The second-order valence-electron chi connectivity index (χ2n) is 3.84. The lowest BCUT2D eigenvalue weighted by Gasteiger charge is -2.05. The minimum Gasteiger partial charge on any atom is -0.236 e. The molecule has 3 rings (SSSR count). The molecule has 4 nitrogen and oxygen atoms in total. The van der Waals surface area contributed by atoms with E-state index in [9.17, 15) is 0 Å². The van der Waals surface area contributed by atoms with Gasteiger partial charge in [-0.2, -0.15) is 9.78 Å². The molecule has 0 aliphatic rings. The second-order valence-corrected chi connectivity index (χ2v) is 5.67. The van der Waals surface area contributed by atoms with E-state index in [0.29, 0.717) is 0 Å². The molecule has 0 aliphatic heterocycles. The zero-order chi connectivity index (χ0) is 13.2. The van der Waals surface area contributed by atoms with Crippen molar-refractivity contribution >= 4 is 31.9 Å². The molecular weight excluding hydrogens is 372 g/mol. The van der Waals surface area contributed by atoms with E-state index in [-0.39, 0.29) is 0 Å². The predicted octanol–water partition coefficient (Wildman–Crippen LogP) is 3.85. The molecule has 0 aliphatic carbocycles. The first-order valence-corrected chi connectivity index (χ1v) is 7.10. The van der Waals surface area contributed by atoms with Crippen LogP contribution < -0.4 is 0 Å². The Labute approximate surface area is 126 Å². The highest BCUT2D eigenvalue weighted by Gasteiger charge is 2.09. The van der Waals surface area contributed by atoms with Crippen molar-refractivity contribution in [2.75, 3.05) is 0 Å². The van der Waals surface area contributed by atoms with Crippen molar-refractivity contribution in [2.24, 2.45) is 0 Å². The lowest BCUT2D eigenvalue weighted by Crippen LogP contribution is -2.01. The molecule has 0 fully saturated rings. The highest BCUT2D eigenvalue weighted by atomic mass is 79.9. The summed E-state index contributed by atoms with van der Waals surface area (Å²) >= 11 is 6.79. The molecule has 0 unspecified atom stereocenters. The van der Waals surface area contributed by atoms with Crippen LogP contribution in [0, 0.1) is 0 Å². The van der Waals surface area contributed by atoms with Gasteiger partial charge in [-0.3, -0.25) is 0 Å². The van der Waals surface area contributed by atoms with Crippen LogP contribution in [0.1, 0.15) is 0 Å². The van der Waals surface area contributed by atoms with Gasteiger partial charge in [0.05, 0.1) is 0 Å². The Hall–Kier alpha value is -1.53. The van der Waals surface area contributed by atoms with Crippen LogP contribution in [0.25, 0.3) is 17.2 Å². The number of pyridine rings is 1. The van der Waals surface area contributed by atoms with Gasteiger partial charge in [0.1, 0.15) is 6.33 Å². The topological polar surface area (TPSA) is 43.6 Å². The van der Waals surface area contributed by atoms with Crippen LogP contribution in [0.15, 0.2) is 57.9 Å². The summed E-state index contributed by atoms with van der Waals surface area (Å²) in [5.74, 6) is 1.50. The van der Waals surface area contributed by atoms with Gasteiger partial charge >= 0.3 is 0 Å². The number of rotatable bonds is 2. The zero-order valence-corrected chi connectivity index (χ0v) is 12.8. The van der Waals surface area contributed by atoms with Crippen LogP contribution >= 0.6 is 31.9 Å². The van der Waals surface area contributed by atoms with Gasteiger partial charge < -0.3 is 0 Å². The summed E-state index contributed by atoms with van der Waals surface area (Å²) in [6.45, 7) is 0. The van der Waals surface area contributed by atoms with Crippen molar-refractivity contribution in [2.45, 2.75) is 0 Å². The lowest BCUT2D eigenvalue weighted by atomic mass is 10.2. The third-order valence-electron chi connectivity index (χ3n) is 2.58. The molecule has 0 atom stereocenters. The first-order chi connectivity index (χ1) is 9.24. The number of hydrogen-bond donors (Lipinski definition) is 0. The van der Waals surface area contributed by atoms with Crippen LogP contribution in [0.2, 0.25) is 0 Å². The van der Waals surface area contributed by atoms with Crippen molar-refractivity contribution in [3.8, 4) is 17.2 Å². The lowest BCUT2D eigenvalue weighted by molar-refractivity contribution is 0.852. The van der Waals surface area contributed by atoms with Crippen LogP contribution in [-0.4, -0.2) is 19.7 Å². The van der Waals surface area contributed by atoms with E-state index in [1.807, 2.05) is 36.4 Å². The molecule has 0 radical (unpaired) electrons. The Morgan fingerprint density at radius 3 is 2.26 bits per heavy atom. The van der Waals surface area contributed by atoms with E-state index in [2.05, 4.69) is 46.9 Å². The molecule has 0 bridgehead atoms. The van der Waals surface area contributed by atoms with Crippen LogP contribution in [0.5, 0.6) is 0 Å². The maximum absolute atomic E-state index is 4.33. The Kier molecular flexibility index (Phi) is 3.44. The molecule has 2 aromatic heterocycles. The van der Waals surface area contributed by atoms with Crippen molar-refractivity contribution in [1.29, 1.82) is 0 Å². The molecular formula is C13H8Br2N4. The maximum Gasteiger partial charge on any atom is 0.164 e. The van der Waals surface area contributed by atoms with E-state index >= 15 is 0 Å². The average Bonchev–Trinajstić information content (AvgIpc) is 2.90. The highest BCUT2D eigenvalue weighted by molar-refractivity contribution is 9.10. The first kappa shape index (κ1) is 12.5. The van der Waals surface area contributed by atoms with Crippen molar-refractivity contribution in [3.05, 3.63) is 57.9 Å². The van der Waals surface area contributed by atoms with Gasteiger partial charge in [-0.15, -0.1) is 0 Å². The van der Waals surface area contributed by atoms with Gasteiger partial charge in [0.15, 0.2) is 11.6 Å². The summed E-state index contributed by atoms with van der Waals surface area (Å²) in [7, 11) is 0. The number of nitrogens with zero attached hydrogens (tertiary/aromatic N) is 4. The summed E-state index contributed by atoms with van der Waals surface area (Å²) < 4.78 is 3.68. The summed E-state index contributed by atoms with van der Waals surface area (Å²) in [4.78, 5) is 8.63. The number of halogens is 2. The normalized spacial score (nSPS) is 10.6. The predicted molar refractivity (Wildman–Crippen MR) is 80.0 cm³/mol. The fourth-order valence-electron chi connectivity index (χ4n) is 1.70. The van der Waals surface area contributed by atoms with Gasteiger partial charge in [0.25, 0.3) is 0 Å². The summed E-state index contributed by atoms with van der Waals surface area (Å²) in [5.41, 5.74) is 0.991. The first-order valence-electron chi connectivity index (χ1n) is 5.52. The highest BCUT2D eigenvalue weighted by Crippen LogP contribution is 2.21. The van der Waals surface area contributed by atoms with Gasteiger partial charge in [0, 0.05) is 20.7 Å². The Balaban J connectivity index is 2.07. The molecule has 0 saturated carbocycles. The molecule has 0 saturated heterocycles. The van der Waals surface area contributed by atoms with Crippen molar-refractivity contribution in [3.63, 3.8) is 0 Å².